The molecule has 0 amide bonds. The summed E-state index contributed by atoms with van der Waals surface area (Å²) in [4.78, 5) is 29.4. The SMILES string of the molecule is C/C=C/c1cc(/C(C)=N/OC)c(C(=O)c2cccc(O)c2)cc1OC(C)=O. The molecule has 6 nitrogen and oxygen atoms in total. The average Bonchev–Trinajstić information content (AvgIpc) is 2.62. The molecule has 0 saturated heterocycles. The molecule has 0 radical (unpaired) electrons. The first-order chi connectivity index (χ1) is 12.9. The monoisotopic (exact) mass is 367 g/mol. The fraction of sp³-hybridized carbons (Fsp3) is 0.190. The van der Waals surface area contributed by atoms with Gasteiger partial charge in [0, 0.05) is 29.2 Å². The number of allylic oxidation sites excluding steroid dienone is 1. The molecule has 0 aliphatic heterocycles. The molecule has 2 aromatic carbocycles. The molecule has 27 heavy (non-hydrogen) atoms. The molecule has 0 aliphatic carbocycles. The Morgan fingerprint density at radius 1 is 1.11 bits per heavy atom. The van der Waals surface area contributed by atoms with E-state index in [9.17, 15) is 14.7 Å². The smallest absolute Gasteiger partial charge is 0.308 e. The number of carbonyl (C=O) groups excluding carboxylic acids is 2. The van der Waals surface area contributed by atoms with Crippen molar-refractivity contribution in [1.82, 2.24) is 0 Å². The predicted molar refractivity (Wildman–Crippen MR) is 103 cm³/mol. The van der Waals surface area contributed by atoms with Crippen LogP contribution in [0, 0.1) is 0 Å². The molecule has 0 spiro atoms. The maximum Gasteiger partial charge on any atom is 0.308 e. The number of phenolic OH excluding ortho intramolecular Hbond substituents is 1. The molecule has 6 heteroatoms. The molecule has 0 heterocycles. The van der Waals surface area contributed by atoms with E-state index >= 15 is 0 Å². The second-order valence-corrected chi connectivity index (χ2v) is 5.77. The van der Waals surface area contributed by atoms with Crippen LogP contribution in [-0.4, -0.2) is 29.7 Å². The van der Waals surface area contributed by atoms with Crippen molar-refractivity contribution in [3.05, 3.63) is 64.7 Å². The van der Waals surface area contributed by atoms with Crippen LogP contribution in [0.4, 0.5) is 0 Å². The Morgan fingerprint density at radius 3 is 2.44 bits per heavy atom. The number of ketones is 1. The van der Waals surface area contributed by atoms with Gasteiger partial charge in [-0.15, -0.1) is 0 Å². The predicted octanol–water partition coefficient (Wildman–Crippen LogP) is 3.95. The van der Waals surface area contributed by atoms with Gasteiger partial charge in [-0.05, 0) is 38.1 Å². The van der Waals surface area contributed by atoms with Crippen molar-refractivity contribution in [2.75, 3.05) is 7.11 Å². The highest BCUT2D eigenvalue weighted by Gasteiger charge is 2.20. The Kier molecular flexibility index (Phi) is 6.49. The van der Waals surface area contributed by atoms with E-state index in [1.165, 1.54) is 32.2 Å². The van der Waals surface area contributed by atoms with Crippen molar-refractivity contribution in [3.63, 3.8) is 0 Å². The number of benzene rings is 2. The van der Waals surface area contributed by atoms with Crippen molar-refractivity contribution >= 4 is 23.5 Å². The van der Waals surface area contributed by atoms with Gasteiger partial charge in [-0.1, -0.05) is 29.4 Å². The molecule has 0 atom stereocenters. The number of phenols is 1. The Labute approximate surface area is 157 Å². The molecular formula is C21H21NO5. The van der Waals surface area contributed by atoms with Crippen molar-refractivity contribution in [2.24, 2.45) is 5.16 Å². The van der Waals surface area contributed by atoms with Crippen molar-refractivity contribution in [3.8, 4) is 11.5 Å². The van der Waals surface area contributed by atoms with Gasteiger partial charge >= 0.3 is 5.97 Å². The minimum atomic E-state index is -0.494. The summed E-state index contributed by atoms with van der Waals surface area (Å²) >= 11 is 0. The van der Waals surface area contributed by atoms with E-state index in [0.717, 1.165) is 0 Å². The number of aromatic hydroxyl groups is 1. The highest BCUT2D eigenvalue weighted by Crippen LogP contribution is 2.28. The van der Waals surface area contributed by atoms with Crippen LogP contribution in [0.2, 0.25) is 0 Å². The van der Waals surface area contributed by atoms with Crippen molar-refractivity contribution in [2.45, 2.75) is 20.8 Å². The van der Waals surface area contributed by atoms with E-state index in [1.54, 1.807) is 37.3 Å². The van der Waals surface area contributed by atoms with Crippen LogP contribution in [0.25, 0.3) is 6.08 Å². The third kappa shape index (κ3) is 4.82. The van der Waals surface area contributed by atoms with Crippen LogP contribution in [0.3, 0.4) is 0 Å². The van der Waals surface area contributed by atoms with Gasteiger partial charge in [-0.2, -0.15) is 0 Å². The second-order valence-electron chi connectivity index (χ2n) is 5.77. The van der Waals surface area contributed by atoms with Gasteiger partial charge in [0.15, 0.2) is 5.78 Å². The molecule has 0 aromatic heterocycles. The number of hydrogen-bond donors (Lipinski definition) is 1. The molecule has 2 rings (SSSR count). The summed E-state index contributed by atoms with van der Waals surface area (Å²) in [6.45, 7) is 4.84. The van der Waals surface area contributed by atoms with E-state index in [1.807, 2.05) is 6.92 Å². The number of rotatable bonds is 6. The summed E-state index contributed by atoms with van der Waals surface area (Å²) in [7, 11) is 1.42. The summed E-state index contributed by atoms with van der Waals surface area (Å²) in [5.74, 6) is -0.591. The van der Waals surface area contributed by atoms with Gasteiger partial charge in [-0.3, -0.25) is 9.59 Å². The van der Waals surface area contributed by atoms with Crippen molar-refractivity contribution < 1.29 is 24.3 Å². The zero-order valence-corrected chi connectivity index (χ0v) is 15.6. The Bertz CT molecular complexity index is 928. The lowest BCUT2D eigenvalue weighted by molar-refractivity contribution is -0.131. The van der Waals surface area contributed by atoms with Gasteiger partial charge in [0.05, 0.1) is 5.71 Å². The first-order valence-electron chi connectivity index (χ1n) is 8.28. The molecule has 140 valence electrons. The summed E-state index contributed by atoms with van der Waals surface area (Å²) in [6, 6.07) is 9.26. The molecule has 0 aliphatic rings. The fourth-order valence-electron chi connectivity index (χ4n) is 2.63. The summed E-state index contributed by atoms with van der Waals surface area (Å²) in [6.07, 6.45) is 3.57. The molecule has 0 fully saturated rings. The largest absolute Gasteiger partial charge is 0.508 e. The number of oxime groups is 1. The van der Waals surface area contributed by atoms with E-state index in [4.69, 9.17) is 9.57 Å². The highest BCUT2D eigenvalue weighted by molar-refractivity contribution is 6.17. The van der Waals surface area contributed by atoms with E-state index in [2.05, 4.69) is 5.16 Å². The van der Waals surface area contributed by atoms with Crippen LogP contribution in [-0.2, 0) is 9.63 Å². The average molecular weight is 367 g/mol. The highest BCUT2D eigenvalue weighted by atomic mass is 16.6. The summed E-state index contributed by atoms with van der Waals surface area (Å²) in [5.41, 5.74) is 2.23. The minimum Gasteiger partial charge on any atom is -0.508 e. The number of carbonyl (C=O) groups is 2. The Hall–Kier alpha value is -3.41. The molecule has 0 unspecified atom stereocenters. The lowest BCUT2D eigenvalue weighted by Gasteiger charge is -2.14. The third-order valence-corrected chi connectivity index (χ3v) is 3.72. The molecule has 2 aromatic rings. The van der Waals surface area contributed by atoms with Crippen LogP contribution < -0.4 is 4.74 Å². The number of ether oxygens (including phenoxy) is 1. The van der Waals surface area contributed by atoms with Gasteiger partial charge in [0.2, 0.25) is 0 Å². The van der Waals surface area contributed by atoms with E-state index in [0.29, 0.717) is 22.4 Å². The lowest BCUT2D eigenvalue weighted by Crippen LogP contribution is -2.12. The zero-order chi connectivity index (χ0) is 20.0. The van der Waals surface area contributed by atoms with Crippen molar-refractivity contribution in [1.29, 1.82) is 0 Å². The Balaban J connectivity index is 2.73. The second kappa shape index (κ2) is 8.80. The third-order valence-electron chi connectivity index (χ3n) is 3.72. The first-order valence-corrected chi connectivity index (χ1v) is 8.28. The zero-order valence-electron chi connectivity index (χ0n) is 15.6. The van der Waals surface area contributed by atoms with Gasteiger partial charge in [0.1, 0.15) is 18.6 Å². The van der Waals surface area contributed by atoms with Crippen LogP contribution in [0.5, 0.6) is 11.5 Å². The Morgan fingerprint density at radius 2 is 1.85 bits per heavy atom. The van der Waals surface area contributed by atoms with Crippen LogP contribution >= 0.6 is 0 Å². The van der Waals surface area contributed by atoms with Crippen LogP contribution in [0.1, 0.15) is 47.8 Å². The standard InChI is InChI=1S/C21H21NO5/c1-5-7-15-11-18(13(2)22-26-4)19(12-20(15)27-14(3)23)21(25)16-8-6-9-17(24)10-16/h5-12,24H,1-4H3/b7-5+,22-13+. The molecule has 0 saturated carbocycles. The molecule has 0 bridgehead atoms. The molecular weight excluding hydrogens is 346 g/mol. The van der Waals surface area contributed by atoms with E-state index < -0.39 is 5.97 Å². The number of hydrogen-bond acceptors (Lipinski definition) is 6. The van der Waals surface area contributed by atoms with Gasteiger partial charge in [-0.25, -0.2) is 0 Å². The van der Waals surface area contributed by atoms with Gasteiger partial charge in [0.25, 0.3) is 0 Å². The first kappa shape index (κ1) is 19.9. The minimum absolute atomic E-state index is 0.0181. The number of nitrogens with zero attached hydrogens (tertiary/aromatic N) is 1. The lowest BCUT2D eigenvalue weighted by atomic mass is 9.93. The fourth-order valence-corrected chi connectivity index (χ4v) is 2.63. The number of esters is 1. The topological polar surface area (TPSA) is 85.2 Å². The maximum atomic E-state index is 13.1. The summed E-state index contributed by atoms with van der Waals surface area (Å²) < 4.78 is 5.28. The normalized spacial score (nSPS) is 11.5. The quantitative estimate of drug-likeness (QED) is 0.275. The summed E-state index contributed by atoms with van der Waals surface area (Å²) in [5, 5.41) is 13.6. The molecule has 1 N–H and O–H groups in total. The maximum absolute atomic E-state index is 13.1. The van der Waals surface area contributed by atoms with Crippen LogP contribution in [0.15, 0.2) is 47.6 Å². The van der Waals surface area contributed by atoms with Gasteiger partial charge < -0.3 is 14.7 Å². The van der Waals surface area contributed by atoms with E-state index in [-0.39, 0.29) is 22.8 Å².